The van der Waals surface area contributed by atoms with Crippen molar-refractivity contribution in [1.29, 1.82) is 0 Å². The van der Waals surface area contributed by atoms with Crippen molar-refractivity contribution in [3.8, 4) is 5.75 Å². The maximum Gasteiger partial charge on any atom is 0.258 e. The number of methoxy groups -OCH3 is 1. The van der Waals surface area contributed by atoms with Gasteiger partial charge in [-0.1, -0.05) is 11.6 Å². The molecule has 1 N–H and O–H groups in total. The molecule has 94 valence electrons. The van der Waals surface area contributed by atoms with E-state index in [1.54, 1.807) is 25.4 Å². The molecule has 0 aliphatic rings. The first-order valence-electron chi connectivity index (χ1n) is 5.15. The lowest BCUT2D eigenvalue weighted by Crippen LogP contribution is -2.38. The monoisotopic (exact) mass is 258 g/mol. The third-order valence-corrected chi connectivity index (χ3v) is 2.19. The molecule has 0 radical (unpaired) electrons. The third-order valence-electron chi connectivity index (χ3n) is 1.91. The van der Waals surface area contributed by atoms with Gasteiger partial charge in [0.2, 0.25) is 0 Å². The highest BCUT2D eigenvalue weighted by Gasteiger charge is 2.09. The smallest absolute Gasteiger partial charge is 0.258 e. The largest absolute Gasteiger partial charge is 0.481 e. The Morgan fingerprint density at radius 1 is 1.65 bits per heavy atom. The Morgan fingerprint density at radius 2 is 2.41 bits per heavy atom. The number of nitrogens with zero attached hydrogens (tertiary/aromatic N) is 1. The van der Waals surface area contributed by atoms with Gasteiger partial charge in [0.25, 0.3) is 5.91 Å². The minimum atomic E-state index is -0.227. The van der Waals surface area contributed by atoms with E-state index < -0.39 is 0 Å². The summed E-state index contributed by atoms with van der Waals surface area (Å²) in [6.07, 6.45) is 1.55. The van der Waals surface area contributed by atoms with Gasteiger partial charge in [0.1, 0.15) is 0 Å². The number of halogens is 1. The maximum atomic E-state index is 11.5. The fourth-order valence-electron chi connectivity index (χ4n) is 1.23. The molecule has 1 heterocycles. The van der Waals surface area contributed by atoms with Crippen LogP contribution >= 0.6 is 11.6 Å². The summed E-state index contributed by atoms with van der Waals surface area (Å²) < 4.78 is 10.1. The molecule has 0 aliphatic carbocycles. The van der Waals surface area contributed by atoms with Crippen LogP contribution in [0.25, 0.3) is 0 Å². The van der Waals surface area contributed by atoms with Gasteiger partial charge in [0.05, 0.1) is 6.61 Å². The van der Waals surface area contributed by atoms with Gasteiger partial charge in [0, 0.05) is 19.3 Å². The summed E-state index contributed by atoms with van der Waals surface area (Å²) in [4.78, 5) is 15.3. The average molecular weight is 259 g/mol. The minimum absolute atomic E-state index is 0.0551. The van der Waals surface area contributed by atoms with E-state index >= 15 is 0 Å². The third kappa shape index (κ3) is 5.01. The molecule has 0 unspecified atom stereocenters. The van der Waals surface area contributed by atoms with Crippen LogP contribution in [-0.4, -0.2) is 37.3 Å². The SMILES string of the molecule is COC[C@@H](C)NC(=O)COc1cccnc1Cl. The van der Waals surface area contributed by atoms with Gasteiger partial charge in [-0.15, -0.1) is 0 Å². The van der Waals surface area contributed by atoms with Gasteiger partial charge >= 0.3 is 0 Å². The van der Waals surface area contributed by atoms with Gasteiger partial charge in [-0.25, -0.2) is 4.98 Å². The summed E-state index contributed by atoms with van der Waals surface area (Å²) in [5.41, 5.74) is 0. The summed E-state index contributed by atoms with van der Waals surface area (Å²) in [5, 5.41) is 2.96. The zero-order valence-corrected chi connectivity index (χ0v) is 10.5. The average Bonchev–Trinajstić information content (AvgIpc) is 2.28. The fraction of sp³-hybridized carbons (Fsp3) is 0.455. The minimum Gasteiger partial charge on any atom is -0.481 e. The highest BCUT2D eigenvalue weighted by atomic mass is 35.5. The Bertz CT molecular complexity index is 373. The van der Waals surface area contributed by atoms with Crippen molar-refractivity contribution >= 4 is 17.5 Å². The first-order chi connectivity index (χ1) is 8.13. The highest BCUT2D eigenvalue weighted by molar-refractivity contribution is 6.30. The molecule has 0 fully saturated rings. The van der Waals surface area contributed by atoms with E-state index in [0.717, 1.165) is 0 Å². The first-order valence-corrected chi connectivity index (χ1v) is 5.53. The quantitative estimate of drug-likeness (QED) is 0.781. The number of hydrogen-bond donors (Lipinski definition) is 1. The molecule has 1 atom stereocenters. The molecule has 0 saturated heterocycles. The van der Waals surface area contributed by atoms with E-state index in [0.29, 0.717) is 12.4 Å². The molecule has 5 nitrogen and oxygen atoms in total. The van der Waals surface area contributed by atoms with Crippen molar-refractivity contribution in [3.63, 3.8) is 0 Å². The van der Waals surface area contributed by atoms with Crippen LogP contribution in [0.1, 0.15) is 6.92 Å². The molecule has 1 amide bonds. The topological polar surface area (TPSA) is 60.5 Å². The van der Waals surface area contributed by atoms with E-state index in [4.69, 9.17) is 21.1 Å². The summed E-state index contributed by atoms with van der Waals surface area (Å²) in [7, 11) is 1.58. The Kier molecular flexibility index (Phi) is 5.72. The number of amides is 1. The van der Waals surface area contributed by atoms with Crippen LogP contribution in [-0.2, 0) is 9.53 Å². The van der Waals surface area contributed by atoms with E-state index in [9.17, 15) is 4.79 Å². The number of carbonyl (C=O) groups is 1. The lowest BCUT2D eigenvalue weighted by Gasteiger charge is -2.13. The molecular weight excluding hydrogens is 244 g/mol. The zero-order chi connectivity index (χ0) is 12.7. The molecule has 6 heteroatoms. The van der Waals surface area contributed by atoms with Gasteiger partial charge in [-0.2, -0.15) is 0 Å². The van der Waals surface area contributed by atoms with Crippen LogP contribution in [0.15, 0.2) is 18.3 Å². The molecular formula is C11H15ClN2O3. The Balaban J connectivity index is 2.36. The van der Waals surface area contributed by atoms with Crippen LogP contribution in [0.4, 0.5) is 0 Å². The highest BCUT2D eigenvalue weighted by Crippen LogP contribution is 2.19. The lowest BCUT2D eigenvalue weighted by atomic mass is 10.3. The Labute approximate surface area is 105 Å². The van der Waals surface area contributed by atoms with Gasteiger partial charge in [0.15, 0.2) is 17.5 Å². The number of carbonyl (C=O) groups excluding carboxylic acids is 1. The number of aromatic nitrogens is 1. The van der Waals surface area contributed by atoms with E-state index in [1.165, 1.54) is 0 Å². The van der Waals surface area contributed by atoms with Crippen molar-refractivity contribution in [2.45, 2.75) is 13.0 Å². The van der Waals surface area contributed by atoms with Crippen LogP contribution in [0.3, 0.4) is 0 Å². The molecule has 1 rings (SSSR count). The number of rotatable bonds is 6. The van der Waals surface area contributed by atoms with Gasteiger partial charge in [-0.3, -0.25) is 4.79 Å². The summed E-state index contributed by atoms with van der Waals surface area (Å²) in [6.45, 7) is 2.21. The molecule has 1 aromatic rings. The normalized spacial score (nSPS) is 11.9. The van der Waals surface area contributed by atoms with Crippen molar-refractivity contribution < 1.29 is 14.3 Å². The van der Waals surface area contributed by atoms with Crippen LogP contribution in [0.5, 0.6) is 5.75 Å². The molecule has 0 spiro atoms. The van der Waals surface area contributed by atoms with Crippen molar-refractivity contribution in [3.05, 3.63) is 23.5 Å². The molecule has 0 aromatic carbocycles. The number of pyridine rings is 1. The van der Waals surface area contributed by atoms with Gasteiger partial charge < -0.3 is 14.8 Å². The molecule has 17 heavy (non-hydrogen) atoms. The van der Waals surface area contributed by atoms with Gasteiger partial charge in [-0.05, 0) is 19.1 Å². The second kappa shape index (κ2) is 7.09. The summed E-state index contributed by atoms with van der Waals surface area (Å²) in [5.74, 6) is 0.165. The number of ether oxygens (including phenoxy) is 2. The van der Waals surface area contributed by atoms with Crippen LogP contribution in [0.2, 0.25) is 5.15 Å². The first kappa shape index (κ1) is 13.7. The predicted octanol–water partition coefficient (Wildman–Crippen LogP) is 1.26. The second-order valence-corrected chi connectivity index (χ2v) is 3.86. The van der Waals surface area contributed by atoms with Crippen LogP contribution < -0.4 is 10.1 Å². The van der Waals surface area contributed by atoms with Crippen LogP contribution in [0, 0.1) is 0 Å². The Morgan fingerprint density at radius 3 is 3.06 bits per heavy atom. The fourth-order valence-corrected chi connectivity index (χ4v) is 1.40. The summed E-state index contributed by atoms with van der Waals surface area (Å²) >= 11 is 5.78. The standard InChI is InChI=1S/C11H15ClN2O3/c1-8(6-16-2)14-10(15)7-17-9-4-3-5-13-11(9)12/h3-5,8H,6-7H2,1-2H3,(H,14,15)/t8-/m1/s1. The predicted molar refractivity (Wildman–Crippen MR) is 64.2 cm³/mol. The molecule has 0 saturated carbocycles. The van der Waals surface area contributed by atoms with E-state index in [-0.39, 0.29) is 23.7 Å². The molecule has 0 aliphatic heterocycles. The molecule has 1 aromatic heterocycles. The lowest BCUT2D eigenvalue weighted by molar-refractivity contribution is -0.124. The number of nitrogens with one attached hydrogen (secondary N) is 1. The summed E-state index contributed by atoms with van der Waals surface area (Å²) in [6, 6.07) is 3.29. The maximum absolute atomic E-state index is 11.5. The number of hydrogen-bond acceptors (Lipinski definition) is 4. The Hall–Kier alpha value is -1.33. The second-order valence-electron chi connectivity index (χ2n) is 3.50. The van der Waals surface area contributed by atoms with E-state index in [2.05, 4.69) is 10.3 Å². The van der Waals surface area contributed by atoms with E-state index in [1.807, 2.05) is 6.92 Å². The molecule has 0 bridgehead atoms. The van der Waals surface area contributed by atoms with Crippen molar-refractivity contribution in [2.75, 3.05) is 20.3 Å². The zero-order valence-electron chi connectivity index (χ0n) is 9.77. The van der Waals surface area contributed by atoms with Crippen molar-refractivity contribution in [1.82, 2.24) is 10.3 Å². The van der Waals surface area contributed by atoms with Crippen molar-refractivity contribution in [2.24, 2.45) is 0 Å².